The quantitative estimate of drug-likeness (QED) is 0.606. The Bertz CT molecular complexity index is 617. The van der Waals surface area contributed by atoms with Crippen LogP contribution in [0.5, 0.6) is 0 Å². The van der Waals surface area contributed by atoms with E-state index in [9.17, 15) is 13.2 Å². The second-order valence-electron chi connectivity index (χ2n) is 4.17. The highest BCUT2D eigenvalue weighted by Gasteiger charge is 2.28. The van der Waals surface area contributed by atoms with Gasteiger partial charge in [0.1, 0.15) is 0 Å². The van der Waals surface area contributed by atoms with Gasteiger partial charge in [-0.1, -0.05) is 17.7 Å². The van der Waals surface area contributed by atoms with Gasteiger partial charge in [-0.25, -0.2) is 0 Å². The summed E-state index contributed by atoms with van der Waals surface area (Å²) < 4.78 is 37.5. The molecular formula is C14H10BrClF3NS. The number of anilines is 1. The first-order chi connectivity index (χ1) is 9.83. The predicted octanol–water partition coefficient (Wildman–Crippen LogP) is 6.33. The van der Waals surface area contributed by atoms with Crippen LogP contribution in [0.2, 0.25) is 5.02 Å². The summed E-state index contributed by atoms with van der Waals surface area (Å²) in [6.07, 6.45) is 0. The summed E-state index contributed by atoms with van der Waals surface area (Å²) in [4.78, 5) is 0.166. The molecular weight excluding hydrogens is 387 g/mol. The van der Waals surface area contributed by atoms with Gasteiger partial charge in [0.25, 0.3) is 0 Å². The molecule has 0 aromatic heterocycles. The van der Waals surface area contributed by atoms with Crippen molar-refractivity contribution >= 4 is 45.0 Å². The molecule has 0 heterocycles. The lowest BCUT2D eigenvalue weighted by molar-refractivity contribution is -0.0328. The molecule has 112 valence electrons. The van der Waals surface area contributed by atoms with Crippen molar-refractivity contribution in [1.82, 2.24) is 0 Å². The minimum atomic E-state index is -4.26. The van der Waals surface area contributed by atoms with Crippen molar-refractivity contribution in [3.63, 3.8) is 0 Å². The van der Waals surface area contributed by atoms with Crippen LogP contribution >= 0.6 is 39.3 Å². The molecule has 2 aromatic carbocycles. The summed E-state index contributed by atoms with van der Waals surface area (Å²) in [6.45, 7) is 0.540. The summed E-state index contributed by atoms with van der Waals surface area (Å²) in [5.74, 6) is 0. The molecule has 2 aromatic rings. The van der Waals surface area contributed by atoms with Gasteiger partial charge in [-0.05, 0) is 69.7 Å². The number of halogens is 5. The molecule has 1 nitrogen and oxygen atoms in total. The molecule has 0 unspecified atom stereocenters. The predicted molar refractivity (Wildman–Crippen MR) is 84.8 cm³/mol. The van der Waals surface area contributed by atoms with Crippen LogP contribution in [-0.4, -0.2) is 5.51 Å². The lowest BCUT2D eigenvalue weighted by Crippen LogP contribution is -2.00. The second kappa shape index (κ2) is 6.94. The Morgan fingerprint density at radius 3 is 2.33 bits per heavy atom. The largest absolute Gasteiger partial charge is 0.446 e. The van der Waals surface area contributed by atoms with Crippen molar-refractivity contribution in [3.05, 3.63) is 57.5 Å². The first-order valence-corrected chi connectivity index (χ1v) is 7.86. The monoisotopic (exact) mass is 395 g/mol. The van der Waals surface area contributed by atoms with E-state index < -0.39 is 5.51 Å². The zero-order valence-corrected chi connectivity index (χ0v) is 13.7. The Morgan fingerprint density at radius 1 is 1.10 bits per heavy atom. The Hall–Kier alpha value is -0.850. The summed E-state index contributed by atoms with van der Waals surface area (Å²) in [7, 11) is 0. The summed E-state index contributed by atoms with van der Waals surface area (Å²) >= 11 is 9.18. The van der Waals surface area contributed by atoms with Crippen LogP contribution < -0.4 is 5.32 Å². The van der Waals surface area contributed by atoms with Crippen LogP contribution in [0.3, 0.4) is 0 Å². The average molecular weight is 397 g/mol. The van der Waals surface area contributed by atoms with Crippen LogP contribution in [0.4, 0.5) is 18.9 Å². The molecule has 0 amide bonds. The third-order valence-electron chi connectivity index (χ3n) is 2.57. The van der Waals surface area contributed by atoms with E-state index in [1.165, 1.54) is 12.1 Å². The number of alkyl halides is 3. The van der Waals surface area contributed by atoms with E-state index >= 15 is 0 Å². The van der Waals surface area contributed by atoms with Gasteiger partial charge in [-0.2, -0.15) is 13.2 Å². The molecule has 1 N–H and O–H groups in total. The second-order valence-corrected chi connectivity index (χ2v) is 6.57. The van der Waals surface area contributed by atoms with Gasteiger partial charge >= 0.3 is 5.51 Å². The first-order valence-electron chi connectivity index (χ1n) is 5.87. The maximum absolute atomic E-state index is 12.2. The number of hydrogen-bond donors (Lipinski definition) is 1. The van der Waals surface area contributed by atoms with Gasteiger partial charge in [0, 0.05) is 21.6 Å². The molecule has 0 aliphatic carbocycles. The summed E-state index contributed by atoms with van der Waals surface area (Å²) in [5, 5.41) is 3.75. The summed E-state index contributed by atoms with van der Waals surface area (Å²) in [5.41, 5.74) is -2.53. The molecule has 0 radical (unpaired) electrons. The number of thioether (sulfide) groups is 1. The van der Waals surface area contributed by atoms with Gasteiger partial charge in [-0.15, -0.1) is 0 Å². The fraction of sp³-hybridized carbons (Fsp3) is 0.143. The van der Waals surface area contributed by atoms with Crippen LogP contribution in [0.1, 0.15) is 5.56 Å². The molecule has 7 heteroatoms. The minimum absolute atomic E-state index is 0.123. The molecule has 2 rings (SSSR count). The van der Waals surface area contributed by atoms with E-state index in [-0.39, 0.29) is 16.7 Å². The van der Waals surface area contributed by atoms with Gasteiger partial charge in [-0.3, -0.25) is 0 Å². The fourth-order valence-corrected chi connectivity index (χ4v) is 2.62. The van der Waals surface area contributed by atoms with Crippen LogP contribution in [0, 0.1) is 0 Å². The van der Waals surface area contributed by atoms with Crippen molar-refractivity contribution in [2.45, 2.75) is 16.9 Å². The Morgan fingerprint density at radius 2 is 1.76 bits per heavy atom. The smallest absolute Gasteiger partial charge is 0.381 e. The highest BCUT2D eigenvalue weighted by atomic mass is 79.9. The molecule has 0 saturated heterocycles. The third kappa shape index (κ3) is 5.45. The highest BCUT2D eigenvalue weighted by Crippen LogP contribution is 2.37. The van der Waals surface area contributed by atoms with Crippen molar-refractivity contribution < 1.29 is 13.2 Å². The topological polar surface area (TPSA) is 12.0 Å². The lowest BCUT2D eigenvalue weighted by atomic mass is 10.2. The van der Waals surface area contributed by atoms with Gasteiger partial charge < -0.3 is 5.32 Å². The molecule has 0 atom stereocenters. The number of rotatable bonds is 4. The molecule has 0 spiro atoms. The Labute approximate surface area is 138 Å². The maximum atomic E-state index is 12.2. The Kier molecular flexibility index (Phi) is 5.46. The highest BCUT2D eigenvalue weighted by molar-refractivity contribution is 9.10. The molecule has 0 saturated carbocycles. The number of hydrogen-bond acceptors (Lipinski definition) is 2. The van der Waals surface area contributed by atoms with Crippen molar-refractivity contribution in [2.75, 3.05) is 5.32 Å². The SMILES string of the molecule is FC(F)(F)Sc1ccc(NCc2ccc(Br)c(Cl)c2)cc1. The van der Waals surface area contributed by atoms with Crippen LogP contribution in [-0.2, 0) is 6.54 Å². The van der Waals surface area contributed by atoms with E-state index in [0.717, 1.165) is 15.7 Å². The van der Waals surface area contributed by atoms with E-state index in [1.807, 2.05) is 18.2 Å². The first kappa shape index (κ1) is 16.5. The minimum Gasteiger partial charge on any atom is -0.381 e. The number of benzene rings is 2. The zero-order chi connectivity index (χ0) is 15.5. The van der Waals surface area contributed by atoms with Crippen molar-refractivity contribution in [3.8, 4) is 0 Å². The molecule has 0 aliphatic heterocycles. The third-order valence-corrected chi connectivity index (χ3v) is 4.54. The van der Waals surface area contributed by atoms with Crippen molar-refractivity contribution in [1.29, 1.82) is 0 Å². The van der Waals surface area contributed by atoms with Crippen LogP contribution in [0.15, 0.2) is 51.8 Å². The van der Waals surface area contributed by atoms with E-state index in [2.05, 4.69) is 21.2 Å². The summed E-state index contributed by atoms with van der Waals surface area (Å²) in [6, 6.07) is 11.7. The normalized spacial score (nSPS) is 11.5. The lowest BCUT2D eigenvalue weighted by Gasteiger charge is -2.09. The molecule has 21 heavy (non-hydrogen) atoms. The standard InChI is InChI=1S/C14H10BrClF3NS/c15-12-6-1-9(7-13(12)16)8-20-10-2-4-11(5-3-10)21-14(17,18)19/h1-7,20H,8H2. The molecule has 0 aliphatic rings. The van der Waals surface area contributed by atoms with E-state index in [1.54, 1.807) is 12.1 Å². The maximum Gasteiger partial charge on any atom is 0.446 e. The molecule has 0 fully saturated rings. The zero-order valence-electron chi connectivity index (χ0n) is 10.5. The molecule has 0 bridgehead atoms. The van der Waals surface area contributed by atoms with Crippen molar-refractivity contribution in [2.24, 2.45) is 0 Å². The fourth-order valence-electron chi connectivity index (χ4n) is 1.63. The van der Waals surface area contributed by atoms with E-state index in [0.29, 0.717) is 11.6 Å². The average Bonchev–Trinajstić information content (AvgIpc) is 2.40. The van der Waals surface area contributed by atoms with Gasteiger partial charge in [0.2, 0.25) is 0 Å². The Balaban J connectivity index is 1.96. The van der Waals surface area contributed by atoms with Gasteiger partial charge in [0.15, 0.2) is 0 Å². The van der Waals surface area contributed by atoms with Crippen LogP contribution in [0.25, 0.3) is 0 Å². The number of nitrogens with one attached hydrogen (secondary N) is 1. The van der Waals surface area contributed by atoms with Gasteiger partial charge in [0.05, 0.1) is 5.02 Å². The van der Waals surface area contributed by atoms with E-state index in [4.69, 9.17) is 11.6 Å².